The van der Waals surface area contributed by atoms with Gasteiger partial charge in [0.2, 0.25) is 0 Å². The Labute approximate surface area is 127 Å². The number of hydrogen-bond acceptors (Lipinski definition) is 1. The molecular formula is C14H11Br2F2N. The van der Waals surface area contributed by atoms with Crippen molar-refractivity contribution in [1.82, 2.24) is 0 Å². The first-order valence-corrected chi connectivity index (χ1v) is 7.19. The minimum absolute atomic E-state index is 0.108. The lowest BCUT2D eigenvalue weighted by atomic mass is 10.1. The number of aryl methyl sites for hydroxylation is 1. The third-order valence-electron chi connectivity index (χ3n) is 2.70. The molecule has 0 heterocycles. The van der Waals surface area contributed by atoms with Gasteiger partial charge >= 0.3 is 0 Å². The average Bonchev–Trinajstić information content (AvgIpc) is 2.32. The summed E-state index contributed by atoms with van der Waals surface area (Å²) in [7, 11) is 0. The summed E-state index contributed by atoms with van der Waals surface area (Å²) < 4.78 is 28.6. The van der Waals surface area contributed by atoms with E-state index in [0.717, 1.165) is 15.6 Å². The van der Waals surface area contributed by atoms with E-state index in [1.54, 1.807) is 0 Å². The van der Waals surface area contributed by atoms with E-state index in [1.165, 1.54) is 12.1 Å². The quantitative estimate of drug-likeness (QED) is 0.738. The number of benzene rings is 2. The lowest BCUT2D eigenvalue weighted by Gasteiger charge is -2.10. The molecule has 2 aromatic carbocycles. The molecule has 0 saturated heterocycles. The molecular weight excluding hydrogens is 380 g/mol. The maximum absolute atomic E-state index is 13.6. The summed E-state index contributed by atoms with van der Waals surface area (Å²) in [5, 5.41) is 2.79. The first-order chi connectivity index (χ1) is 8.97. The van der Waals surface area contributed by atoms with Crippen molar-refractivity contribution >= 4 is 37.5 Å². The first-order valence-electron chi connectivity index (χ1n) is 5.61. The van der Waals surface area contributed by atoms with Crippen LogP contribution in [0.4, 0.5) is 14.5 Å². The van der Waals surface area contributed by atoms with Crippen molar-refractivity contribution in [1.29, 1.82) is 0 Å². The van der Waals surface area contributed by atoms with Crippen LogP contribution in [0.3, 0.4) is 0 Å². The Morgan fingerprint density at radius 2 is 1.68 bits per heavy atom. The molecule has 0 fully saturated rings. The third kappa shape index (κ3) is 3.54. The smallest absolute Gasteiger partial charge is 0.150 e. The van der Waals surface area contributed by atoms with Crippen molar-refractivity contribution in [2.75, 3.05) is 5.32 Å². The normalized spacial score (nSPS) is 10.6. The van der Waals surface area contributed by atoms with Crippen LogP contribution in [0.15, 0.2) is 39.3 Å². The van der Waals surface area contributed by atoms with Gasteiger partial charge < -0.3 is 5.32 Å². The Bertz CT molecular complexity index is 591. The van der Waals surface area contributed by atoms with Gasteiger partial charge in [0, 0.05) is 15.5 Å². The van der Waals surface area contributed by atoms with Gasteiger partial charge in [-0.05, 0) is 36.2 Å². The number of rotatable bonds is 3. The standard InChI is InChI=1S/C14H11Br2F2N/c1-8-4-9(2-3-11(8)16)7-19-14-12(17)5-10(15)6-13(14)18/h2-6,19H,7H2,1H3. The molecule has 0 aliphatic carbocycles. The van der Waals surface area contributed by atoms with Crippen LogP contribution in [-0.2, 0) is 6.54 Å². The Morgan fingerprint density at radius 3 is 2.26 bits per heavy atom. The Hall–Kier alpha value is -0.940. The molecule has 0 aliphatic rings. The van der Waals surface area contributed by atoms with Gasteiger partial charge in [0.1, 0.15) is 17.3 Å². The summed E-state index contributed by atoms with van der Waals surface area (Å²) in [6.45, 7) is 2.33. The fraction of sp³-hybridized carbons (Fsp3) is 0.143. The van der Waals surface area contributed by atoms with Crippen LogP contribution in [0, 0.1) is 18.6 Å². The van der Waals surface area contributed by atoms with Gasteiger partial charge in [-0.25, -0.2) is 8.78 Å². The fourth-order valence-corrected chi connectivity index (χ4v) is 2.37. The van der Waals surface area contributed by atoms with Crippen LogP contribution in [0.2, 0.25) is 0 Å². The van der Waals surface area contributed by atoms with Crippen molar-refractivity contribution < 1.29 is 8.78 Å². The number of anilines is 1. The van der Waals surface area contributed by atoms with Crippen molar-refractivity contribution in [2.45, 2.75) is 13.5 Å². The number of halogens is 4. The second-order valence-electron chi connectivity index (χ2n) is 4.18. The minimum Gasteiger partial charge on any atom is -0.376 e. The molecule has 2 aromatic rings. The van der Waals surface area contributed by atoms with Gasteiger partial charge in [-0.3, -0.25) is 0 Å². The molecule has 1 nitrogen and oxygen atoms in total. The molecule has 0 atom stereocenters. The summed E-state index contributed by atoms with van der Waals surface area (Å²) in [4.78, 5) is 0. The second-order valence-corrected chi connectivity index (χ2v) is 5.95. The van der Waals surface area contributed by atoms with Crippen LogP contribution in [0.25, 0.3) is 0 Å². The summed E-state index contributed by atoms with van der Waals surface area (Å²) in [6.07, 6.45) is 0. The van der Waals surface area contributed by atoms with Gasteiger partial charge in [-0.2, -0.15) is 0 Å². The van der Waals surface area contributed by atoms with Gasteiger partial charge in [0.15, 0.2) is 0 Å². The van der Waals surface area contributed by atoms with E-state index in [2.05, 4.69) is 37.2 Å². The fourth-order valence-electron chi connectivity index (χ4n) is 1.72. The van der Waals surface area contributed by atoms with Crippen LogP contribution < -0.4 is 5.32 Å². The lowest BCUT2D eigenvalue weighted by molar-refractivity contribution is 0.586. The predicted octanol–water partition coefficient (Wildman–Crippen LogP) is 5.41. The zero-order valence-corrected chi connectivity index (χ0v) is 13.3. The molecule has 0 amide bonds. The summed E-state index contributed by atoms with van der Waals surface area (Å²) >= 11 is 6.46. The molecule has 2 rings (SSSR count). The van der Waals surface area contributed by atoms with E-state index >= 15 is 0 Å². The molecule has 100 valence electrons. The van der Waals surface area contributed by atoms with E-state index in [9.17, 15) is 8.78 Å². The van der Waals surface area contributed by atoms with Crippen LogP contribution in [-0.4, -0.2) is 0 Å². The summed E-state index contributed by atoms with van der Waals surface area (Å²) in [6, 6.07) is 8.25. The molecule has 0 unspecified atom stereocenters. The van der Waals surface area contributed by atoms with E-state index in [0.29, 0.717) is 11.0 Å². The average molecular weight is 391 g/mol. The van der Waals surface area contributed by atoms with Crippen molar-refractivity contribution in [3.05, 3.63) is 62.0 Å². The largest absolute Gasteiger partial charge is 0.376 e. The summed E-state index contributed by atoms with van der Waals surface area (Å²) in [5.74, 6) is -1.22. The van der Waals surface area contributed by atoms with Crippen LogP contribution in [0.5, 0.6) is 0 Å². The minimum atomic E-state index is -0.610. The monoisotopic (exact) mass is 389 g/mol. The second kappa shape index (κ2) is 6.01. The Morgan fingerprint density at radius 1 is 1.05 bits per heavy atom. The highest BCUT2D eigenvalue weighted by atomic mass is 79.9. The third-order valence-corrected chi connectivity index (χ3v) is 4.05. The molecule has 0 saturated carbocycles. The molecule has 0 radical (unpaired) electrons. The van der Waals surface area contributed by atoms with E-state index in [4.69, 9.17) is 0 Å². The van der Waals surface area contributed by atoms with Crippen molar-refractivity contribution in [3.8, 4) is 0 Å². The first kappa shape index (κ1) is 14.5. The van der Waals surface area contributed by atoms with Gasteiger partial charge in [0.25, 0.3) is 0 Å². The molecule has 5 heteroatoms. The van der Waals surface area contributed by atoms with E-state index < -0.39 is 11.6 Å². The predicted molar refractivity (Wildman–Crippen MR) is 80.3 cm³/mol. The SMILES string of the molecule is Cc1cc(CNc2c(F)cc(Br)cc2F)ccc1Br. The number of hydrogen-bond donors (Lipinski definition) is 1. The zero-order valence-electron chi connectivity index (χ0n) is 10.1. The molecule has 19 heavy (non-hydrogen) atoms. The lowest BCUT2D eigenvalue weighted by Crippen LogP contribution is -2.04. The highest BCUT2D eigenvalue weighted by molar-refractivity contribution is 9.10. The van der Waals surface area contributed by atoms with Gasteiger partial charge in [0.05, 0.1) is 0 Å². The van der Waals surface area contributed by atoms with E-state index in [1.807, 2.05) is 25.1 Å². The number of nitrogens with one attached hydrogen (secondary N) is 1. The topological polar surface area (TPSA) is 12.0 Å². The molecule has 0 spiro atoms. The molecule has 0 aromatic heterocycles. The molecule has 0 bridgehead atoms. The van der Waals surface area contributed by atoms with Crippen LogP contribution in [0.1, 0.15) is 11.1 Å². The van der Waals surface area contributed by atoms with Crippen molar-refractivity contribution in [2.24, 2.45) is 0 Å². The maximum Gasteiger partial charge on any atom is 0.150 e. The van der Waals surface area contributed by atoms with Crippen molar-refractivity contribution in [3.63, 3.8) is 0 Å². The highest BCUT2D eigenvalue weighted by Gasteiger charge is 2.10. The van der Waals surface area contributed by atoms with Gasteiger partial charge in [-0.1, -0.05) is 44.0 Å². The summed E-state index contributed by atoms with van der Waals surface area (Å²) in [5.41, 5.74) is 1.93. The molecule has 0 aliphatic heterocycles. The van der Waals surface area contributed by atoms with Gasteiger partial charge in [-0.15, -0.1) is 0 Å². The Balaban J connectivity index is 2.16. The van der Waals surface area contributed by atoms with Crippen LogP contribution >= 0.6 is 31.9 Å². The zero-order chi connectivity index (χ0) is 14.0. The Kier molecular flexibility index (Phi) is 4.58. The maximum atomic E-state index is 13.6. The molecule has 1 N–H and O–H groups in total. The van der Waals surface area contributed by atoms with E-state index in [-0.39, 0.29) is 5.69 Å². The highest BCUT2D eigenvalue weighted by Crippen LogP contribution is 2.24.